The maximum atomic E-state index is 15.3. The van der Waals surface area contributed by atoms with E-state index in [1.54, 1.807) is 19.1 Å². The first-order chi connectivity index (χ1) is 17.5. The summed E-state index contributed by atoms with van der Waals surface area (Å²) in [5, 5.41) is 2.50. The van der Waals surface area contributed by atoms with Crippen LogP contribution >= 0.6 is 0 Å². The summed E-state index contributed by atoms with van der Waals surface area (Å²) in [6.45, 7) is 3.53. The van der Waals surface area contributed by atoms with Gasteiger partial charge in [-0.05, 0) is 56.5 Å². The quantitative estimate of drug-likeness (QED) is 0.288. The summed E-state index contributed by atoms with van der Waals surface area (Å²) in [7, 11) is 0. The zero-order valence-electron chi connectivity index (χ0n) is 20.0. The van der Waals surface area contributed by atoms with Crippen molar-refractivity contribution in [3.05, 3.63) is 82.7 Å². The van der Waals surface area contributed by atoms with Crippen molar-refractivity contribution in [3.8, 4) is 11.1 Å². The van der Waals surface area contributed by atoms with E-state index in [-0.39, 0.29) is 41.8 Å². The van der Waals surface area contributed by atoms with Gasteiger partial charge in [-0.25, -0.2) is 13.6 Å². The summed E-state index contributed by atoms with van der Waals surface area (Å²) in [6, 6.07) is 7.62. The van der Waals surface area contributed by atoms with Gasteiger partial charge in [-0.1, -0.05) is 19.1 Å². The molecule has 194 valence electrons. The van der Waals surface area contributed by atoms with Gasteiger partial charge in [0.2, 0.25) is 5.91 Å². The lowest BCUT2D eigenvalue weighted by atomic mass is 9.92. The molecule has 1 heterocycles. The molecule has 0 aliphatic heterocycles. The molecule has 4 rings (SSSR count). The summed E-state index contributed by atoms with van der Waals surface area (Å²) >= 11 is 0. The number of carbonyl (C=O) groups excluding carboxylic acids is 2. The average molecular weight is 518 g/mol. The molecule has 1 saturated carbocycles. The fourth-order valence-electron chi connectivity index (χ4n) is 4.20. The molecule has 0 spiro atoms. The van der Waals surface area contributed by atoms with E-state index in [9.17, 15) is 27.2 Å². The van der Waals surface area contributed by atoms with Crippen LogP contribution in [0.4, 0.5) is 27.6 Å². The van der Waals surface area contributed by atoms with Gasteiger partial charge in [0, 0.05) is 34.3 Å². The molecule has 0 bridgehead atoms. The van der Waals surface area contributed by atoms with Gasteiger partial charge < -0.3 is 10.1 Å². The molecule has 1 aromatic heterocycles. The Bertz CT molecular complexity index is 1350. The molecule has 3 aromatic rings. The van der Waals surface area contributed by atoms with E-state index < -0.39 is 40.7 Å². The molecule has 2 aromatic carbocycles. The number of esters is 1. The number of ether oxygens (including phenoxy) is 1. The molecule has 37 heavy (non-hydrogen) atoms. The lowest BCUT2D eigenvalue weighted by molar-refractivity contribution is -0.137. The van der Waals surface area contributed by atoms with E-state index in [0.29, 0.717) is 18.1 Å². The average Bonchev–Trinajstić information content (AvgIpc) is 3.65. The Morgan fingerprint density at radius 2 is 1.76 bits per heavy atom. The summed E-state index contributed by atoms with van der Waals surface area (Å²) < 4.78 is 73.8. The molecule has 1 fully saturated rings. The van der Waals surface area contributed by atoms with Crippen molar-refractivity contribution >= 4 is 17.6 Å². The van der Waals surface area contributed by atoms with Crippen LogP contribution in [0, 0.1) is 11.6 Å². The van der Waals surface area contributed by atoms with Crippen LogP contribution in [0.2, 0.25) is 0 Å². The number of rotatable bonds is 7. The summed E-state index contributed by atoms with van der Waals surface area (Å²) in [6.07, 6.45) is -2.23. The smallest absolute Gasteiger partial charge is 0.416 e. The third kappa shape index (κ3) is 5.19. The van der Waals surface area contributed by atoms with E-state index in [1.807, 2.05) is 6.92 Å². The van der Waals surface area contributed by atoms with Crippen LogP contribution in [-0.2, 0) is 27.5 Å². The van der Waals surface area contributed by atoms with E-state index in [4.69, 9.17) is 4.74 Å². The Morgan fingerprint density at radius 1 is 1.03 bits per heavy atom. The number of amides is 1. The van der Waals surface area contributed by atoms with Gasteiger partial charge in [0.25, 0.3) is 0 Å². The van der Waals surface area contributed by atoms with Crippen LogP contribution in [-0.4, -0.2) is 23.5 Å². The number of nitrogens with zero attached hydrogens (tertiary/aromatic N) is 1. The second-order valence-corrected chi connectivity index (χ2v) is 8.72. The highest BCUT2D eigenvalue weighted by atomic mass is 19.4. The number of alkyl halides is 3. The molecule has 1 amide bonds. The Hall–Kier alpha value is -3.82. The monoisotopic (exact) mass is 518 g/mol. The lowest BCUT2D eigenvalue weighted by Crippen LogP contribution is -2.29. The van der Waals surface area contributed by atoms with Gasteiger partial charge in [-0.2, -0.15) is 13.2 Å². The normalized spacial score (nSPS) is 14.2. The van der Waals surface area contributed by atoms with Crippen LogP contribution < -0.4 is 5.32 Å². The molecule has 1 aliphatic rings. The standard InChI is InChI=1S/C27H23F5N2O3/c1-3-17-7-5-15(14-33-17)23-19(24(35)37-4-2)12-18(13-22(23)29)34-25(36)26(9-10-26)20-8-6-16(11-21(20)28)27(30,31)32/h5-8,11-14H,3-4,9-10H2,1-2H3,(H,34,36). The first kappa shape index (κ1) is 26.2. The van der Waals surface area contributed by atoms with Gasteiger partial charge in [0.1, 0.15) is 11.6 Å². The van der Waals surface area contributed by atoms with Crippen LogP contribution in [0.1, 0.15) is 53.9 Å². The first-order valence-corrected chi connectivity index (χ1v) is 11.6. The number of nitrogens with one attached hydrogen (secondary N) is 1. The van der Waals surface area contributed by atoms with Gasteiger partial charge in [0.05, 0.1) is 23.1 Å². The maximum absolute atomic E-state index is 15.3. The maximum Gasteiger partial charge on any atom is 0.416 e. The van der Waals surface area contributed by atoms with Crippen molar-refractivity contribution in [1.82, 2.24) is 4.98 Å². The molecule has 0 radical (unpaired) electrons. The van der Waals surface area contributed by atoms with E-state index >= 15 is 4.39 Å². The molecule has 1 N–H and O–H groups in total. The first-order valence-electron chi connectivity index (χ1n) is 11.6. The number of pyridine rings is 1. The van der Waals surface area contributed by atoms with Gasteiger partial charge in [-0.15, -0.1) is 0 Å². The highest BCUT2D eigenvalue weighted by Gasteiger charge is 2.53. The third-order valence-corrected chi connectivity index (χ3v) is 6.32. The number of aryl methyl sites for hydroxylation is 1. The molecule has 0 atom stereocenters. The predicted molar refractivity (Wildman–Crippen MR) is 126 cm³/mol. The largest absolute Gasteiger partial charge is 0.462 e. The topological polar surface area (TPSA) is 68.3 Å². The van der Waals surface area contributed by atoms with Crippen LogP contribution in [0.3, 0.4) is 0 Å². The van der Waals surface area contributed by atoms with Crippen molar-refractivity contribution < 1.29 is 36.3 Å². The van der Waals surface area contributed by atoms with Crippen LogP contribution in [0.5, 0.6) is 0 Å². The predicted octanol–water partition coefficient (Wildman–Crippen LogP) is 6.46. The molecule has 0 saturated heterocycles. The Kier molecular flexibility index (Phi) is 7.03. The fourth-order valence-corrected chi connectivity index (χ4v) is 4.20. The number of benzene rings is 2. The summed E-state index contributed by atoms with van der Waals surface area (Å²) in [5.74, 6) is -3.51. The number of hydrogen-bond donors (Lipinski definition) is 1. The van der Waals surface area contributed by atoms with Crippen LogP contribution in [0.25, 0.3) is 11.1 Å². The number of aromatic nitrogens is 1. The zero-order chi connectivity index (χ0) is 27.0. The molecule has 10 heteroatoms. The van der Waals surface area contributed by atoms with Gasteiger partial charge >= 0.3 is 12.1 Å². The van der Waals surface area contributed by atoms with Crippen molar-refractivity contribution in [2.24, 2.45) is 0 Å². The minimum Gasteiger partial charge on any atom is -0.462 e. The number of carbonyl (C=O) groups is 2. The Balaban J connectivity index is 1.68. The number of halogens is 5. The van der Waals surface area contributed by atoms with Crippen molar-refractivity contribution in [3.63, 3.8) is 0 Å². The van der Waals surface area contributed by atoms with Gasteiger partial charge in [-0.3, -0.25) is 9.78 Å². The Labute approximate surface area is 209 Å². The van der Waals surface area contributed by atoms with Gasteiger partial charge in [0.15, 0.2) is 0 Å². The van der Waals surface area contributed by atoms with Crippen LogP contribution in [0.15, 0.2) is 48.7 Å². The SMILES string of the molecule is CCOC(=O)c1cc(NC(=O)C2(c3ccc(C(F)(F)F)cc3F)CC2)cc(F)c1-c1ccc(CC)nc1. The second-order valence-electron chi connectivity index (χ2n) is 8.72. The molecule has 0 unspecified atom stereocenters. The van der Waals surface area contributed by atoms with E-state index in [1.165, 1.54) is 12.3 Å². The van der Waals surface area contributed by atoms with Crippen molar-refractivity contribution in [1.29, 1.82) is 0 Å². The lowest BCUT2D eigenvalue weighted by Gasteiger charge is -2.19. The molecule has 5 nitrogen and oxygen atoms in total. The Morgan fingerprint density at radius 3 is 2.30 bits per heavy atom. The fraction of sp³-hybridized carbons (Fsp3) is 0.296. The molecular weight excluding hydrogens is 495 g/mol. The van der Waals surface area contributed by atoms with E-state index in [2.05, 4.69) is 10.3 Å². The molecule has 1 aliphatic carbocycles. The second kappa shape index (κ2) is 9.91. The zero-order valence-corrected chi connectivity index (χ0v) is 20.0. The van der Waals surface area contributed by atoms with Crippen molar-refractivity contribution in [2.45, 2.75) is 44.7 Å². The van der Waals surface area contributed by atoms with Crippen molar-refractivity contribution in [2.75, 3.05) is 11.9 Å². The van der Waals surface area contributed by atoms with E-state index in [0.717, 1.165) is 23.9 Å². The summed E-state index contributed by atoms with van der Waals surface area (Å²) in [4.78, 5) is 30.0. The summed E-state index contributed by atoms with van der Waals surface area (Å²) in [5.41, 5.74) is -1.91. The number of hydrogen-bond acceptors (Lipinski definition) is 4. The highest BCUT2D eigenvalue weighted by Crippen LogP contribution is 2.50. The number of anilines is 1. The third-order valence-electron chi connectivity index (χ3n) is 6.32. The molecular formula is C27H23F5N2O3. The minimum atomic E-state index is -4.73. The minimum absolute atomic E-state index is 0.0276. The highest BCUT2D eigenvalue weighted by molar-refractivity contribution is 6.04.